The Kier molecular flexibility index (Phi) is 6.20. The third-order valence-corrected chi connectivity index (χ3v) is 1.46. The molecule has 0 saturated heterocycles. The fourth-order valence-electron chi connectivity index (χ4n) is 0.892. The monoisotopic (exact) mass is 216 g/mol. The maximum absolute atomic E-state index is 10.3. The van der Waals surface area contributed by atoms with Gasteiger partial charge in [0.1, 0.15) is 0 Å². The van der Waals surface area contributed by atoms with Gasteiger partial charge >= 0.3 is 5.97 Å². The van der Waals surface area contributed by atoms with Crippen molar-refractivity contribution in [1.82, 2.24) is 0 Å². The lowest BCUT2D eigenvalue weighted by Crippen LogP contribution is -2.22. The molecular weight excluding hydrogens is 196 g/mol. The highest BCUT2D eigenvalue weighted by Crippen LogP contribution is 2.05. The Labute approximate surface area is 90.9 Å². The van der Waals surface area contributed by atoms with Crippen molar-refractivity contribution >= 4 is 5.97 Å². The van der Waals surface area contributed by atoms with Gasteiger partial charge in [0.05, 0.1) is 25.4 Å². The normalized spacial score (nSPS) is 12.9. The first kappa shape index (κ1) is 14.1. The Morgan fingerprint density at radius 1 is 1.33 bits per heavy atom. The predicted molar refractivity (Wildman–Crippen MR) is 57.9 cm³/mol. The molecule has 0 aromatic heterocycles. The van der Waals surface area contributed by atoms with Crippen LogP contribution in [0.5, 0.6) is 0 Å². The van der Waals surface area contributed by atoms with Crippen molar-refractivity contribution in [3.8, 4) is 0 Å². The number of rotatable bonds is 6. The zero-order valence-corrected chi connectivity index (χ0v) is 9.87. The summed E-state index contributed by atoms with van der Waals surface area (Å²) in [7, 11) is 0. The molecule has 15 heavy (non-hydrogen) atoms. The number of aliphatic carboxylic acids is 1. The first-order valence-corrected chi connectivity index (χ1v) is 4.93. The third kappa shape index (κ3) is 11.1. The molecule has 4 heteroatoms. The Balaban J connectivity index is 3.51. The standard InChI is InChI=1S/C11H20O4/c1-9(7-10(12)13)8-14-5-6-15-11(2,3)4/h7H,5-6,8H2,1-4H3,(H,12,13). The van der Waals surface area contributed by atoms with Crippen molar-refractivity contribution in [2.45, 2.75) is 33.3 Å². The van der Waals surface area contributed by atoms with E-state index in [0.717, 1.165) is 6.08 Å². The highest BCUT2D eigenvalue weighted by Gasteiger charge is 2.08. The highest BCUT2D eigenvalue weighted by atomic mass is 16.5. The van der Waals surface area contributed by atoms with Crippen LogP contribution in [0.2, 0.25) is 0 Å². The van der Waals surface area contributed by atoms with Gasteiger partial charge in [0.15, 0.2) is 0 Å². The van der Waals surface area contributed by atoms with Gasteiger partial charge < -0.3 is 14.6 Å². The molecule has 0 heterocycles. The van der Waals surface area contributed by atoms with E-state index >= 15 is 0 Å². The topological polar surface area (TPSA) is 55.8 Å². The van der Waals surface area contributed by atoms with E-state index in [9.17, 15) is 4.79 Å². The van der Waals surface area contributed by atoms with Crippen LogP contribution in [0.4, 0.5) is 0 Å². The van der Waals surface area contributed by atoms with Gasteiger partial charge in [0.25, 0.3) is 0 Å². The van der Waals surface area contributed by atoms with Crippen molar-refractivity contribution < 1.29 is 19.4 Å². The summed E-state index contributed by atoms with van der Waals surface area (Å²) >= 11 is 0. The molecular formula is C11H20O4. The van der Waals surface area contributed by atoms with Crippen LogP contribution in [-0.4, -0.2) is 36.5 Å². The molecule has 0 bridgehead atoms. The molecule has 4 nitrogen and oxygen atoms in total. The summed E-state index contributed by atoms with van der Waals surface area (Å²) in [5.74, 6) is -0.943. The van der Waals surface area contributed by atoms with E-state index in [4.69, 9.17) is 14.6 Å². The second-order valence-corrected chi connectivity index (χ2v) is 4.34. The van der Waals surface area contributed by atoms with Crippen molar-refractivity contribution in [2.75, 3.05) is 19.8 Å². The first-order chi connectivity index (χ1) is 6.81. The van der Waals surface area contributed by atoms with Crippen molar-refractivity contribution in [2.24, 2.45) is 0 Å². The number of carboxylic acid groups (broad SMARTS) is 1. The molecule has 88 valence electrons. The largest absolute Gasteiger partial charge is 0.478 e. The van der Waals surface area contributed by atoms with Gasteiger partial charge in [0.2, 0.25) is 0 Å². The molecule has 1 N–H and O–H groups in total. The van der Waals surface area contributed by atoms with Gasteiger partial charge in [-0.3, -0.25) is 0 Å². The summed E-state index contributed by atoms with van der Waals surface area (Å²) in [6, 6.07) is 0. The van der Waals surface area contributed by atoms with E-state index in [2.05, 4.69) is 0 Å². The minimum atomic E-state index is -0.943. The summed E-state index contributed by atoms with van der Waals surface area (Å²) in [4.78, 5) is 10.3. The molecule has 0 amide bonds. The molecule has 0 aromatic rings. The zero-order valence-electron chi connectivity index (χ0n) is 9.87. The maximum atomic E-state index is 10.3. The van der Waals surface area contributed by atoms with Crippen LogP contribution in [-0.2, 0) is 14.3 Å². The molecule has 0 spiro atoms. The smallest absolute Gasteiger partial charge is 0.328 e. The van der Waals surface area contributed by atoms with E-state index in [0.29, 0.717) is 25.4 Å². The SMILES string of the molecule is CC(=CC(=O)O)COCCOC(C)(C)C. The predicted octanol–water partition coefficient (Wildman–Crippen LogP) is 1.85. The average Bonchev–Trinajstić information content (AvgIpc) is 1.99. The van der Waals surface area contributed by atoms with Crippen LogP contribution >= 0.6 is 0 Å². The Hall–Kier alpha value is -0.870. The zero-order chi connectivity index (χ0) is 11.9. The van der Waals surface area contributed by atoms with Gasteiger partial charge in [-0.2, -0.15) is 0 Å². The molecule has 0 rings (SSSR count). The van der Waals surface area contributed by atoms with Crippen LogP contribution in [0.3, 0.4) is 0 Å². The lowest BCUT2D eigenvalue weighted by Gasteiger charge is -2.19. The quantitative estimate of drug-likeness (QED) is 0.544. The van der Waals surface area contributed by atoms with Crippen LogP contribution in [0.15, 0.2) is 11.6 Å². The maximum Gasteiger partial charge on any atom is 0.328 e. The van der Waals surface area contributed by atoms with Crippen LogP contribution < -0.4 is 0 Å². The van der Waals surface area contributed by atoms with E-state index in [-0.39, 0.29) is 5.60 Å². The number of carboxylic acids is 1. The summed E-state index contributed by atoms with van der Waals surface area (Å²) in [5, 5.41) is 8.44. The van der Waals surface area contributed by atoms with E-state index in [1.807, 2.05) is 20.8 Å². The number of hydrogen-bond donors (Lipinski definition) is 1. The second kappa shape index (κ2) is 6.58. The highest BCUT2D eigenvalue weighted by molar-refractivity contribution is 5.80. The Morgan fingerprint density at radius 2 is 1.93 bits per heavy atom. The van der Waals surface area contributed by atoms with Gasteiger partial charge in [-0.25, -0.2) is 4.79 Å². The molecule has 0 aliphatic heterocycles. The summed E-state index contributed by atoms with van der Waals surface area (Å²) in [5.41, 5.74) is 0.535. The van der Waals surface area contributed by atoms with E-state index < -0.39 is 5.97 Å². The molecule has 0 radical (unpaired) electrons. The lowest BCUT2D eigenvalue weighted by atomic mass is 10.2. The number of carbonyl (C=O) groups is 1. The molecule has 0 unspecified atom stereocenters. The second-order valence-electron chi connectivity index (χ2n) is 4.34. The van der Waals surface area contributed by atoms with Crippen molar-refractivity contribution in [3.63, 3.8) is 0 Å². The average molecular weight is 216 g/mol. The van der Waals surface area contributed by atoms with Crippen molar-refractivity contribution in [3.05, 3.63) is 11.6 Å². The summed E-state index contributed by atoms with van der Waals surface area (Å²) in [6.07, 6.45) is 1.14. The van der Waals surface area contributed by atoms with Gasteiger partial charge in [-0.05, 0) is 33.3 Å². The minimum absolute atomic E-state index is 0.157. The molecule has 0 fully saturated rings. The molecule has 0 saturated carbocycles. The van der Waals surface area contributed by atoms with Crippen LogP contribution in [0.25, 0.3) is 0 Å². The third-order valence-electron chi connectivity index (χ3n) is 1.46. The fourth-order valence-corrected chi connectivity index (χ4v) is 0.892. The van der Waals surface area contributed by atoms with Gasteiger partial charge in [0, 0.05) is 6.08 Å². The lowest BCUT2D eigenvalue weighted by molar-refractivity contribution is -0.131. The van der Waals surface area contributed by atoms with Gasteiger partial charge in [-0.15, -0.1) is 0 Å². The summed E-state index contributed by atoms with van der Waals surface area (Å²) in [6.45, 7) is 8.97. The van der Waals surface area contributed by atoms with Crippen LogP contribution in [0.1, 0.15) is 27.7 Å². The molecule has 0 aromatic carbocycles. The van der Waals surface area contributed by atoms with E-state index in [1.54, 1.807) is 6.92 Å². The first-order valence-electron chi connectivity index (χ1n) is 4.93. The Bertz CT molecular complexity index is 225. The Morgan fingerprint density at radius 3 is 2.40 bits per heavy atom. The number of ether oxygens (including phenoxy) is 2. The molecule has 0 aliphatic carbocycles. The molecule has 0 aliphatic rings. The fraction of sp³-hybridized carbons (Fsp3) is 0.727. The van der Waals surface area contributed by atoms with Crippen LogP contribution in [0, 0.1) is 0 Å². The minimum Gasteiger partial charge on any atom is -0.478 e. The van der Waals surface area contributed by atoms with Gasteiger partial charge in [-0.1, -0.05) is 0 Å². The number of hydrogen-bond acceptors (Lipinski definition) is 3. The van der Waals surface area contributed by atoms with Crippen molar-refractivity contribution in [1.29, 1.82) is 0 Å². The summed E-state index contributed by atoms with van der Waals surface area (Å²) < 4.78 is 10.7. The van der Waals surface area contributed by atoms with E-state index in [1.165, 1.54) is 0 Å². The molecule has 0 atom stereocenters.